The molecule has 0 saturated heterocycles. The van der Waals surface area contributed by atoms with E-state index in [1.54, 1.807) is 36.5 Å². The van der Waals surface area contributed by atoms with Gasteiger partial charge in [0, 0.05) is 10.7 Å². The van der Waals surface area contributed by atoms with Gasteiger partial charge in [-0.2, -0.15) is 0 Å². The second kappa shape index (κ2) is 5.84. The Morgan fingerprint density at radius 1 is 1.10 bits per heavy atom. The van der Waals surface area contributed by atoms with Gasteiger partial charge in [-0.15, -0.1) is 5.10 Å². The predicted octanol–water partition coefficient (Wildman–Crippen LogP) is 3.15. The highest BCUT2D eigenvalue weighted by molar-refractivity contribution is 9.10. The number of carbonyl (C=O) groups excluding carboxylic acids is 1. The van der Waals surface area contributed by atoms with Gasteiger partial charge >= 0.3 is 6.01 Å². The quantitative estimate of drug-likeness (QED) is 0.789. The fourth-order valence-electron chi connectivity index (χ4n) is 1.68. The summed E-state index contributed by atoms with van der Waals surface area (Å²) >= 11 is 3.31. The van der Waals surface area contributed by atoms with E-state index in [1.165, 1.54) is 0 Å². The average molecular weight is 345 g/mol. The third-order valence-corrected chi connectivity index (χ3v) is 3.34. The number of rotatable bonds is 3. The second-order valence-corrected chi connectivity index (χ2v) is 4.92. The Morgan fingerprint density at radius 2 is 1.90 bits per heavy atom. The maximum Gasteiger partial charge on any atom is 0.322 e. The van der Waals surface area contributed by atoms with Crippen molar-refractivity contribution < 1.29 is 9.21 Å². The Labute approximate surface area is 128 Å². The summed E-state index contributed by atoms with van der Waals surface area (Å²) in [6, 6.07) is 12.4. The zero-order valence-electron chi connectivity index (χ0n) is 10.7. The average Bonchev–Trinajstić information content (AvgIpc) is 2.97. The Hall–Kier alpha value is -2.54. The topological polar surface area (TPSA) is 80.9 Å². The Morgan fingerprint density at radius 3 is 2.67 bits per heavy atom. The first-order chi connectivity index (χ1) is 10.2. The first kappa shape index (κ1) is 13.4. The summed E-state index contributed by atoms with van der Waals surface area (Å²) in [5.74, 6) is -0.0864. The Bertz CT molecular complexity index is 773. The molecule has 0 fully saturated rings. The van der Waals surface area contributed by atoms with Gasteiger partial charge in [0.05, 0.1) is 5.56 Å². The van der Waals surface area contributed by atoms with Crippen molar-refractivity contribution in [3.05, 3.63) is 58.7 Å². The number of carbonyl (C=O) groups is 1. The third kappa shape index (κ3) is 2.97. The molecule has 21 heavy (non-hydrogen) atoms. The van der Waals surface area contributed by atoms with E-state index in [9.17, 15) is 4.79 Å². The van der Waals surface area contributed by atoms with Gasteiger partial charge in [0.1, 0.15) is 5.69 Å². The SMILES string of the molecule is O=C(Nc1nnc(-c2ccccn2)o1)c1ccccc1Br. The summed E-state index contributed by atoms with van der Waals surface area (Å²) in [6.07, 6.45) is 1.62. The summed E-state index contributed by atoms with van der Waals surface area (Å²) in [5, 5.41) is 10.2. The molecular weight excluding hydrogens is 336 g/mol. The van der Waals surface area contributed by atoms with Gasteiger partial charge in [0.15, 0.2) is 0 Å². The van der Waals surface area contributed by atoms with Crippen molar-refractivity contribution in [2.45, 2.75) is 0 Å². The molecule has 0 atom stereocenters. The van der Waals surface area contributed by atoms with Gasteiger partial charge in [0.2, 0.25) is 0 Å². The van der Waals surface area contributed by atoms with Gasteiger partial charge in [0.25, 0.3) is 11.8 Å². The lowest BCUT2D eigenvalue weighted by Crippen LogP contribution is -2.12. The molecule has 0 aliphatic rings. The van der Waals surface area contributed by atoms with Crippen LogP contribution < -0.4 is 5.32 Å². The van der Waals surface area contributed by atoms with E-state index < -0.39 is 0 Å². The maximum absolute atomic E-state index is 12.1. The van der Waals surface area contributed by atoms with Crippen molar-refractivity contribution in [3.63, 3.8) is 0 Å². The number of amides is 1. The van der Waals surface area contributed by atoms with Crippen molar-refractivity contribution in [3.8, 4) is 11.6 Å². The van der Waals surface area contributed by atoms with E-state index in [2.05, 4.69) is 36.4 Å². The molecule has 2 heterocycles. The number of pyridine rings is 1. The number of benzene rings is 1. The first-order valence-electron chi connectivity index (χ1n) is 6.05. The highest BCUT2D eigenvalue weighted by Gasteiger charge is 2.14. The minimum Gasteiger partial charge on any atom is -0.401 e. The van der Waals surface area contributed by atoms with Crippen LogP contribution in [0.25, 0.3) is 11.6 Å². The lowest BCUT2D eigenvalue weighted by atomic mass is 10.2. The lowest BCUT2D eigenvalue weighted by molar-refractivity contribution is 0.102. The highest BCUT2D eigenvalue weighted by atomic mass is 79.9. The number of halogens is 1. The van der Waals surface area contributed by atoms with Crippen LogP contribution in [0, 0.1) is 0 Å². The van der Waals surface area contributed by atoms with Gasteiger partial charge in [-0.1, -0.05) is 23.3 Å². The molecule has 0 radical (unpaired) electrons. The predicted molar refractivity (Wildman–Crippen MR) is 79.6 cm³/mol. The van der Waals surface area contributed by atoms with Crippen molar-refractivity contribution in [1.29, 1.82) is 0 Å². The van der Waals surface area contributed by atoms with E-state index in [0.717, 1.165) is 0 Å². The van der Waals surface area contributed by atoms with Crippen molar-refractivity contribution in [1.82, 2.24) is 15.2 Å². The second-order valence-electron chi connectivity index (χ2n) is 4.06. The van der Waals surface area contributed by atoms with Gasteiger partial charge in [-0.3, -0.25) is 15.1 Å². The summed E-state index contributed by atoms with van der Waals surface area (Å²) in [5.41, 5.74) is 1.03. The van der Waals surface area contributed by atoms with E-state index >= 15 is 0 Å². The zero-order valence-corrected chi connectivity index (χ0v) is 12.2. The molecular formula is C14H9BrN4O2. The summed E-state index contributed by atoms with van der Waals surface area (Å²) in [4.78, 5) is 16.2. The summed E-state index contributed by atoms with van der Waals surface area (Å²) < 4.78 is 6.06. The molecule has 0 unspecified atom stereocenters. The van der Waals surface area contributed by atoms with Crippen molar-refractivity contribution in [2.75, 3.05) is 5.32 Å². The van der Waals surface area contributed by atoms with Gasteiger partial charge < -0.3 is 4.42 Å². The van der Waals surface area contributed by atoms with Crippen LogP contribution in [0.5, 0.6) is 0 Å². The number of hydrogen-bond acceptors (Lipinski definition) is 5. The molecule has 0 aliphatic carbocycles. The number of anilines is 1. The minimum atomic E-state index is -0.335. The molecule has 1 amide bonds. The standard InChI is InChI=1S/C14H9BrN4O2/c15-10-6-2-1-5-9(10)12(20)17-14-19-18-13(21-14)11-7-3-4-8-16-11/h1-8H,(H,17,19,20). The molecule has 3 aromatic rings. The smallest absolute Gasteiger partial charge is 0.322 e. The van der Waals surface area contributed by atoms with Crippen LogP contribution in [0.2, 0.25) is 0 Å². The third-order valence-electron chi connectivity index (χ3n) is 2.65. The fraction of sp³-hybridized carbons (Fsp3) is 0. The van der Waals surface area contributed by atoms with E-state index in [-0.39, 0.29) is 17.8 Å². The molecule has 6 nitrogen and oxygen atoms in total. The van der Waals surface area contributed by atoms with Crippen LogP contribution in [0.15, 0.2) is 57.6 Å². The van der Waals surface area contributed by atoms with Crippen LogP contribution in [0.4, 0.5) is 6.01 Å². The highest BCUT2D eigenvalue weighted by Crippen LogP contribution is 2.20. The monoisotopic (exact) mass is 344 g/mol. The number of aromatic nitrogens is 3. The fourth-order valence-corrected chi connectivity index (χ4v) is 2.14. The van der Waals surface area contributed by atoms with Crippen LogP contribution in [0.1, 0.15) is 10.4 Å². The van der Waals surface area contributed by atoms with Gasteiger partial charge in [-0.25, -0.2) is 0 Å². The Balaban J connectivity index is 1.79. The van der Waals surface area contributed by atoms with E-state index in [4.69, 9.17) is 4.42 Å². The number of nitrogens with zero attached hydrogens (tertiary/aromatic N) is 3. The summed E-state index contributed by atoms with van der Waals surface area (Å²) in [6.45, 7) is 0. The van der Waals surface area contributed by atoms with Crippen LogP contribution in [0.3, 0.4) is 0 Å². The Kier molecular flexibility index (Phi) is 3.74. The van der Waals surface area contributed by atoms with Crippen molar-refractivity contribution >= 4 is 27.9 Å². The molecule has 0 saturated carbocycles. The normalized spacial score (nSPS) is 10.3. The molecule has 1 N–H and O–H groups in total. The van der Waals surface area contributed by atoms with Crippen LogP contribution >= 0.6 is 15.9 Å². The molecule has 7 heteroatoms. The number of hydrogen-bond donors (Lipinski definition) is 1. The first-order valence-corrected chi connectivity index (χ1v) is 6.84. The van der Waals surface area contributed by atoms with Gasteiger partial charge in [-0.05, 0) is 40.2 Å². The maximum atomic E-state index is 12.1. The molecule has 1 aromatic carbocycles. The van der Waals surface area contributed by atoms with Crippen LogP contribution in [-0.4, -0.2) is 21.1 Å². The minimum absolute atomic E-state index is 0.0245. The van der Waals surface area contributed by atoms with E-state index in [0.29, 0.717) is 15.7 Å². The molecule has 2 aromatic heterocycles. The number of nitrogens with one attached hydrogen (secondary N) is 1. The lowest BCUT2D eigenvalue weighted by Gasteiger charge is -2.02. The molecule has 0 bridgehead atoms. The largest absolute Gasteiger partial charge is 0.401 e. The molecule has 104 valence electrons. The molecule has 0 aliphatic heterocycles. The molecule has 0 spiro atoms. The van der Waals surface area contributed by atoms with Crippen molar-refractivity contribution in [2.24, 2.45) is 0 Å². The molecule has 3 rings (SSSR count). The summed E-state index contributed by atoms with van der Waals surface area (Å²) in [7, 11) is 0. The zero-order chi connectivity index (χ0) is 14.7. The van der Waals surface area contributed by atoms with Crippen LogP contribution in [-0.2, 0) is 0 Å². The van der Waals surface area contributed by atoms with E-state index in [1.807, 2.05) is 12.1 Å².